The summed E-state index contributed by atoms with van der Waals surface area (Å²) in [6, 6.07) is 0. The number of hydrogen-bond donors (Lipinski definition) is 0. The molecule has 3 aliphatic rings. The Balaban J connectivity index is 0. The minimum Gasteiger partial charge on any atom is 1.00 e. The fourth-order valence-electron chi connectivity index (χ4n) is 0.240. The third kappa shape index (κ3) is 11.1. The second-order valence-electron chi connectivity index (χ2n) is 1.99. The maximum absolute atomic E-state index is 9.65. The van der Waals surface area contributed by atoms with Crippen LogP contribution >= 0.6 is 60.4 Å². The number of rotatable bonds is 0. The molecular formula is H2GeLiO12P3S3. The Morgan fingerprint density at radius 3 is 0.700 bits per heavy atom. The van der Waals surface area contributed by atoms with Gasteiger partial charge in [-0.2, -0.15) is 0 Å². The van der Waals surface area contributed by atoms with Crippen molar-refractivity contribution in [1.82, 2.24) is 0 Å². The molecule has 20 heavy (non-hydrogen) atoms. The van der Waals surface area contributed by atoms with Crippen molar-refractivity contribution in [3.05, 3.63) is 0 Å². The second-order valence-corrected chi connectivity index (χ2v) is 8.66. The van der Waals surface area contributed by atoms with Gasteiger partial charge in [-0.15, -0.1) is 0 Å². The van der Waals surface area contributed by atoms with E-state index in [0.29, 0.717) is 37.0 Å². The van der Waals surface area contributed by atoms with E-state index < -0.39 is 23.5 Å². The van der Waals surface area contributed by atoms with Crippen molar-refractivity contribution < 1.29 is 71.1 Å². The smallest absolute Gasteiger partial charge is 1.00 e. The Kier molecular flexibility index (Phi) is 12.9. The van der Waals surface area contributed by atoms with E-state index in [0.717, 1.165) is 0 Å². The summed E-state index contributed by atoms with van der Waals surface area (Å²) < 4.78 is 51.8. The Bertz CT molecular complexity index is 342. The molecule has 20 heteroatoms. The molecule has 112 valence electrons. The fourth-order valence-corrected chi connectivity index (χ4v) is 2.16. The maximum atomic E-state index is 9.65. The SMILES string of the molecule is O=P1([O-])OSO1.O=P1([O-])OSO1.O=P1([O-])OSO1.[GeH2+2].[Li+]. The quantitative estimate of drug-likeness (QED) is 0.195. The molecule has 0 radical (unpaired) electrons. The van der Waals surface area contributed by atoms with Crippen LogP contribution in [0.2, 0.25) is 0 Å². The molecule has 3 rings (SSSR count). The Hall–Kier alpha value is 2.52. The van der Waals surface area contributed by atoms with Crippen LogP contribution in [0, 0.1) is 0 Å². The van der Waals surface area contributed by atoms with Crippen molar-refractivity contribution in [3.8, 4) is 0 Å². The van der Waals surface area contributed by atoms with Gasteiger partial charge in [0.05, 0.1) is 0 Å². The largest absolute Gasteiger partial charge is 1.00 e. The van der Waals surface area contributed by atoms with Crippen molar-refractivity contribution in [2.45, 2.75) is 0 Å². The summed E-state index contributed by atoms with van der Waals surface area (Å²) in [6.45, 7) is 0. The molecule has 0 aromatic heterocycles. The average Bonchev–Trinajstić information content (AvgIpc) is 2.13. The molecule has 12 nitrogen and oxygen atoms in total. The van der Waals surface area contributed by atoms with Gasteiger partial charge in [0.1, 0.15) is 0 Å². The first-order valence-electron chi connectivity index (χ1n) is 3.19. The molecule has 3 heterocycles. The van der Waals surface area contributed by atoms with Crippen molar-refractivity contribution in [3.63, 3.8) is 0 Å². The molecule has 0 saturated carbocycles. The molecule has 3 saturated heterocycles. The van der Waals surface area contributed by atoms with E-state index in [1.807, 2.05) is 0 Å². The van der Waals surface area contributed by atoms with Gasteiger partial charge in [0.15, 0.2) is 37.0 Å². The van der Waals surface area contributed by atoms with Crippen LogP contribution in [0.1, 0.15) is 0 Å². The van der Waals surface area contributed by atoms with Gasteiger partial charge in [-0.1, -0.05) is 0 Å². The predicted molar refractivity (Wildman–Crippen MR) is 60.6 cm³/mol. The third-order valence-corrected chi connectivity index (χ3v) is 6.57. The molecule has 0 aromatic carbocycles. The third-order valence-electron chi connectivity index (χ3n) is 0.730. The number of phosphoric acid groups is 3. The van der Waals surface area contributed by atoms with Gasteiger partial charge in [-0.25, -0.2) is 23.8 Å². The van der Waals surface area contributed by atoms with E-state index in [9.17, 15) is 28.4 Å². The minimum absolute atomic E-state index is 0. The minimum atomic E-state index is -3.75. The van der Waals surface area contributed by atoms with Gasteiger partial charge < -0.3 is 14.7 Å². The average molecular weight is 463 g/mol. The van der Waals surface area contributed by atoms with E-state index in [1.165, 1.54) is 0 Å². The van der Waals surface area contributed by atoms with Crippen LogP contribution in [0.3, 0.4) is 0 Å². The van der Waals surface area contributed by atoms with E-state index in [4.69, 9.17) is 0 Å². The standard InChI is InChI=1S/GeH2.Li.3HO4PS/c;;3*1-5(2)3-6-4-5/h1H2;;3*(H,1,2)/q+2;+1;;;/p-3. The van der Waals surface area contributed by atoms with Gasteiger partial charge in [-0.3, -0.25) is 13.7 Å². The molecule has 0 unspecified atom stereocenters. The summed E-state index contributed by atoms with van der Waals surface area (Å²) in [5, 5.41) is 0. The van der Waals surface area contributed by atoms with Gasteiger partial charge in [-0.05, 0) is 0 Å². The van der Waals surface area contributed by atoms with Crippen molar-refractivity contribution in [2.24, 2.45) is 0 Å². The topological polar surface area (TPSA) is 176 Å². The summed E-state index contributed by atoms with van der Waals surface area (Å²) in [7, 11) is -11.3. The molecule has 3 fully saturated rings. The molecule has 0 aliphatic carbocycles. The van der Waals surface area contributed by atoms with Crippen LogP contribution in [0.5, 0.6) is 0 Å². The number of hydrogen-bond acceptors (Lipinski definition) is 15. The molecule has 0 aromatic rings. The van der Waals surface area contributed by atoms with Crippen LogP contribution in [-0.2, 0) is 37.5 Å². The molecule has 0 amide bonds. The van der Waals surface area contributed by atoms with E-state index >= 15 is 0 Å². The molecular weight excluding hydrogens is 461 g/mol. The fraction of sp³-hybridized carbons (Fsp3) is 0. The Morgan fingerprint density at radius 2 is 0.700 bits per heavy atom. The van der Waals surface area contributed by atoms with Crippen molar-refractivity contribution in [1.29, 1.82) is 0 Å². The normalized spacial score (nSPS) is 25.9. The van der Waals surface area contributed by atoms with Crippen LogP contribution in [-0.4, -0.2) is 17.6 Å². The van der Waals surface area contributed by atoms with Gasteiger partial charge in [0.2, 0.25) is 0 Å². The Morgan fingerprint density at radius 1 is 0.600 bits per heavy atom. The second kappa shape index (κ2) is 10.4. The molecule has 0 N–H and O–H groups in total. The first kappa shape index (κ1) is 24.8. The van der Waals surface area contributed by atoms with Crippen molar-refractivity contribution in [2.75, 3.05) is 0 Å². The van der Waals surface area contributed by atoms with Crippen LogP contribution < -0.4 is 33.5 Å². The van der Waals surface area contributed by atoms with E-state index in [-0.39, 0.29) is 36.5 Å². The molecule has 0 bridgehead atoms. The molecule has 0 spiro atoms. The summed E-state index contributed by atoms with van der Waals surface area (Å²) in [5.74, 6) is 0. The molecule has 3 aliphatic heterocycles. The van der Waals surface area contributed by atoms with Crippen LogP contribution in [0.4, 0.5) is 0 Å². The molecule has 0 atom stereocenters. The van der Waals surface area contributed by atoms with E-state index in [1.54, 1.807) is 0 Å². The zero-order valence-electron chi connectivity index (χ0n) is 9.17. The van der Waals surface area contributed by atoms with Crippen LogP contribution in [0.15, 0.2) is 0 Å². The summed E-state index contributed by atoms with van der Waals surface area (Å²) >= 11 is 1.41. The maximum Gasteiger partial charge on any atom is 1.00 e. The Labute approximate surface area is 148 Å². The predicted octanol–water partition coefficient (Wildman–Crippen LogP) is -3.72. The summed E-state index contributed by atoms with van der Waals surface area (Å²) in [4.78, 5) is 28.9. The van der Waals surface area contributed by atoms with Crippen molar-refractivity contribution >= 4 is 78.0 Å². The monoisotopic (exact) mass is 464 g/mol. The van der Waals surface area contributed by atoms with Gasteiger partial charge >= 0.3 is 36.5 Å². The zero-order chi connectivity index (χ0) is 13.9. The van der Waals surface area contributed by atoms with Gasteiger partial charge in [0.25, 0.3) is 23.5 Å². The zero-order valence-corrected chi connectivity index (χ0v) is 17.3. The van der Waals surface area contributed by atoms with Gasteiger partial charge in [0, 0.05) is 0 Å². The van der Waals surface area contributed by atoms with E-state index in [2.05, 4.69) is 23.8 Å². The summed E-state index contributed by atoms with van der Waals surface area (Å²) in [6.07, 6.45) is 0. The first-order valence-corrected chi connectivity index (χ1v) is 9.57. The van der Waals surface area contributed by atoms with Crippen LogP contribution in [0.25, 0.3) is 0 Å². The first-order chi connectivity index (χ1) is 8.12. The summed E-state index contributed by atoms with van der Waals surface area (Å²) in [5.41, 5.74) is 0.